The van der Waals surface area contributed by atoms with Gasteiger partial charge in [0.25, 0.3) is 0 Å². The molecule has 5 nitrogen and oxygen atoms in total. The van der Waals surface area contributed by atoms with Crippen LogP contribution >= 0.6 is 23.7 Å². The third-order valence-electron chi connectivity index (χ3n) is 5.89. The number of carbonyl (C=O) groups excluding carboxylic acids is 1. The van der Waals surface area contributed by atoms with Crippen LogP contribution in [-0.2, 0) is 11.3 Å². The van der Waals surface area contributed by atoms with Crippen LogP contribution in [0.1, 0.15) is 55.0 Å². The Bertz CT molecular complexity index is 585. The van der Waals surface area contributed by atoms with Gasteiger partial charge in [0.1, 0.15) is 10.0 Å². The van der Waals surface area contributed by atoms with E-state index in [1.54, 1.807) is 11.3 Å². The van der Waals surface area contributed by atoms with Crippen LogP contribution in [0.3, 0.4) is 0 Å². The molecule has 3 fully saturated rings. The van der Waals surface area contributed by atoms with Crippen molar-refractivity contribution in [3.8, 4) is 0 Å². The van der Waals surface area contributed by atoms with Gasteiger partial charge in [-0.05, 0) is 50.4 Å². The summed E-state index contributed by atoms with van der Waals surface area (Å²) in [6.07, 6.45) is 8.52. The van der Waals surface area contributed by atoms with E-state index in [0.717, 1.165) is 42.0 Å². The summed E-state index contributed by atoms with van der Waals surface area (Å²) in [4.78, 5) is 14.9. The second-order valence-corrected chi connectivity index (χ2v) is 9.20. The fourth-order valence-electron chi connectivity index (χ4n) is 4.53. The van der Waals surface area contributed by atoms with Gasteiger partial charge in [-0.1, -0.05) is 12.8 Å². The molecule has 140 valence electrons. The number of carbonyl (C=O) groups is 1. The minimum atomic E-state index is 0. The Hall–Kier alpha value is -0.720. The molecular formula is C18H29ClN4OS. The molecule has 2 heterocycles. The first-order valence-electron chi connectivity index (χ1n) is 9.48. The first-order chi connectivity index (χ1) is 11.7. The summed E-state index contributed by atoms with van der Waals surface area (Å²) < 4.78 is 0. The van der Waals surface area contributed by atoms with Crippen LogP contribution < -0.4 is 5.32 Å². The maximum Gasteiger partial charge on any atom is 0.220 e. The maximum absolute atomic E-state index is 12.5. The molecule has 2 aliphatic carbocycles. The predicted octanol–water partition coefficient (Wildman–Crippen LogP) is 3.18. The molecule has 7 heteroatoms. The Morgan fingerprint density at radius 2 is 1.96 bits per heavy atom. The van der Waals surface area contributed by atoms with Crippen molar-refractivity contribution in [2.75, 3.05) is 13.1 Å². The highest BCUT2D eigenvalue weighted by Gasteiger charge is 2.43. The Balaban J connectivity index is 0.00000182. The SMILES string of the molecule is Cc1nnc(CN2C[C@H](NC(=O)CC3CCCC3)[C@@H](C3CC3)C2)s1.Cl. The van der Waals surface area contributed by atoms with Crippen molar-refractivity contribution in [1.82, 2.24) is 20.4 Å². The van der Waals surface area contributed by atoms with Crippen molar-refractivity contribution < 1.29 is 4.79 Å². The van der Waals surface area contributed by atoms with Gasteiger partial charge in [-0.2, -0.15) is 0 Å². The first-order valence-corrected chi connectivity index (χ1v) is 10.3. The van der Waals surface area contributed by atoms with Gasteiger partial charge in [-0.15, -0.1) is 33.9 Å². The molecule has 0 radical (unpaired) electrons. The number of rotatable bonds is 6. The Kier molecular flexibility index (Phi) is 6.34. The molecule has 1 aromatic rings. The Labute approximate surface area is 160 Å². The fraction of sp³-hybridized carbons (Fsp3) is 0.833. The molecule has 0 bridgehead atoms. The van der Waals surface area contributed by atoms with Crippen LogP contribution in [0.25, 0.3) is 0 Å². The number of halogens is 1. The smallest absolute Gasteiger partial charge is 0.220 e. The molecule has 0 unspecified atom stereocenters. The van der Waals surface area contributed by atoms with Crippen molar-refractivity contribution >= 4 is 29.7 Å². The lowest BCUT2D eigenvalue weighted by molar-refractivity contribution is -0.122. The van der Waals surface area contributed by atoms with Crippen LogP contribution in [0.5, 0.6) is 0 Å². The molecule has 2 atom stereocenters. The molecular weight excluding hydrogens is 356 g/mol. The Morgan fingerprint density at radius 3 is 2.60 bits per heavy atom. The van der Waals surface area contributed by atoms with E-state index in [-0.39, 0.29) is 18.3 Å². The summed E-state index contributed by atoms with van der Waals surface area (Å²) in [7, 11) is 0. The number of hydrogen-bond donors (Lipinski definition) is 1. The van der Waals surface area contributed by atoms with Gasteiger partial charge in [-0.25, -0.2) is 0 Å². The summed E-state index contributed by atoms with van der Waals surface area (Å²) >= 11 is 1.69. The molecule has 1 saturated heterocycles. The van der Waals surface area contributed by atoms with Crippen molar-refractivity contribution in [2.45, 2.75) is 64.5 Å². The second kappa shape index (κ2) is 8.31. The molecule has 4 rings (SSSR count). The average Bonchev–Trinajstić information content (AvgIpc) is 2.91. The lowest BCUT2D eigenvalue weighted by Crippen LogP contribution is -2.41. The van der Waals surface area contributed by atoms with E-state index >= 15 is 0 Å². The summed E-state index contributed by atoms with van der Waals surface area (Å²) in [5, 5.41) is 13.9. The standard InChI is InChI=1S/C18H28N4OS.ClH/c1-12-20-21-18(24-12)11-22-9-15(14-6-7-14)16(10-22)19-17(23)8-13-4-2-3-5-13;/h13-16H,2-11H2,1H3,(H,19,23);1H/t15-,16+;/m1./s1. The van der Waals surface area contributed by atoms with Gasteiger partial charge in [-0.3, -0.25) is 9.69 Å². The molecule has 2 saturated carbocycles. The van der Waals surface area contributed by atoms with E-state index in [0.29, 0.717) is 17.9 Å². The molecule has 25 heavy (non-hydrogen) atoms. The van der Waals surface area contributed by atoms with Gasteiger partial charge in [0, 0.05) is 25.6 Å². The highest BCUT2D eigenvalue weighted by molar-refractivity contribution is 7.11. The zero-order valence-corrected chi connectivity index (χ0v) is 16.6. The second-order valence-electron chi connectivity index (χ2n) is 7.94. The number of nitrogens with one attached hydrogen (secondary N) is 1. The van der Waals surface area contributed by atoms with Gasteiger partial charge in [0.05, 0.1) is 6.54 Å². The lowest BCUT2D eigenvalue weighted by atomic mass is 9.97. The molecule has 1 aliphatic heterocycles. The highest BCUT2D eigenvalue weighted by atomic mass is 35.5. The molecule has 1 N–H and O–H groups in total. The highest BCUT2D eigenvalue weighted by Crippen LogP contribution is 2.42. The summed E-state index contributed by atoms with van der Waals surface area (Å²) in [6.45, 7) is 4.95. The van der Waals surface area contributed by atoms with Crippen molar-refractivity contribution in [3.63, 3.8) is 0 Å². The normalized spacial score (nSPS) is 27.4. The largest absolute Gasteiger partial charge is 0.352 e. The average molecular weight is 385 g/mol. The number of likely N-dealkylation sites (tertiary alicyclic amines) is 1. The van der Waals surface area contributed by atoms with Gasteiger partial charge >= 0.3 is 0 Å². The molecule has 0 aromatic carbocycles. The number of nitrogens with zero attached hydrogens (tertiary/aromatic N) is 3. The molecule has 0 spiro atoms. The number of amides is 1. The molecule has 1 amide bonds. The van der Waals surface area contributed by atoms with Crippen molar-refractivity contribution in [1.29, 1.82) is 0 Å². The number of aromatic nitrogens is 2. The third kappa shape index (κ3) is 4.92. The topological polar surface area (TPSA) is 58.1 Å². The van der Waals surface area contributed by atoms with E-state index in [1.165, 1.54) is 38.5 Å². The van der Waals surface area contributed by atoms with Crippen LogP contribution in [0.15, 0.2) is 0 Å². The molecule has 3 aliphatic rings. The van der Waals surface area contributed by atoms with E-state index in [9.17, 15) is 4.79 Å². The number of aryl methyl sites for hydroxylation is 1. The zero-order valence-electron chi connectivity index (χ0n) is 14.9. The summed E-state index contributed by atoms with van der Waals surface area (Å²) in [5.41, 5.74) is 0. The minimum Gasteiger partial charge on any atom is -0.352 e. The van der Waals surface area contributed by atoms with Gasteiger partial charge < -0.3 is 5.32 Å². The lowest BCUT2D eigenvalue weighted by Gasteiger charge is -2.20. The zero-order chi connectivity index (χ0) is 16.5. The van der Waals surface area contributed by atoms with Crippen LogP contribution in [0.2, 0.25) is 0 Å². The molecule has 1 aromatic heterocycles. The van der Waals surface area contributed by atoms with Crippen molar-refractivity contribution in [2.24, 2.45) is 17.8 Å². The van der Waals surface area contributed by atoms with E-state index in [4.69, 9.17) is 0 Å². The van der Waals surface area contributed by atoms with Gasteiger partial charge in [0.15, 0.2) is 0 Å². The van der Waals surface area contributed by atoms with Gasteiger partial charge in [0.2, 0.25) is 5.91 Å². The van der Waals surface area contributed by atoms with E-state index in [1.807, 2.05) is 6.92 Å². The monoisotopic (exact) mass is 384 g/mol. The third-order valence-corrected chi connectivity index (χ3v) is 6.71. The number of hydrogen-bond acceptors (Lipinski definition) is 5. The van der Waals surface area contributed by atoms with Crippen LogP contribution in [-0.4, -0.2) is 40.1 Å². The van der Waals surface area contributed by atoms with Crippen molar-refractivity contribution in [3.05, 3.63) is 10.0 Å². The van der Waals surface area contributed by atoms with Crippen LogP contribution in [0.4, 0.5) is 0 Å². The minimum absolute atomic E-state index is 0. The van der Waals surface area contributed by atoms with E-state index in [2.05, 4.69) is 20.4 Å². The Morgan fingerprint density at radius 1 is 1.20 bits per heavy atom. The van der Waals surface area contributed by atoms with Crippen LogP contribution in [0, 0.1) is 24.7 Å². The summed E-state index contributed by atoms with van der Waals surface area (Å²) in [6, 6.07) is 0.334. The van der Waals surface area contributed by atoms with E-state index < -0.39 is 0 Å². The fourth-order valence-corrected chi connectivity index (χ4v) is 5.28. The predicted molar refractivity (Wildman–Crippen MR) is 102 cm³/mol. The summed E-state index contributed by atoms with van der Waals surface area (Å²) in [5.74, 6) is 2.37. The quantitative estimate of drug-likeness (QED) is 0.818. The maximum atomic E-state index is 12.5. The first kappa shape index (κ1) is 19.1.